The summed E-state index contributed by atoms with van der Waals surface area (Å²) >= 11 is 3.59. The van der Waals surface area contributed by atoms with E-state index in [0.717, 1.165) is 28.7 Å². The molecule has 1 fully saturated rings. The highest BCUT2D eigenvalue weighted by Gasteiger charge is 2.27. The largest absolute Gasteiger partial charge is 0.392 e. The number of aliphatic hydroxyl groups excluding tert-OH is 1. The molecule has 1 saturated carbocycles. The Bertz CT molecular complexity index is 371. The molecule has 1 atom stereocenters. The number of hydrogen-bond acceptors (Lipinski definition) is 2. The van der Waals surface area contributed by atoms with Crippen molar-refractivity contribution < 1.29 is 5.11 Å². The number of aliphatic hydroxyl groups is 1. The molecule has 1 aliphatic rings. The lowest BCUT2D eigenvalue weighted by molar-refractivity contribution is 0.0614. The maximum atomic E-state index is 10.1. The van der Waals surface area contributed by atoms with Crippen LogP contribution in [0.1, 0.15) is 37.6 Å². The van der Waals surface area contributed by atoms with Crippen LogP contribution in [0.25, 0.3) is 0 Å². The van der Waals surface area contributed by atoms with Gasteiger partial charge in [-0.3, -0.25) is 4.68 Å². The van der Waals surface area contributed by atoms with Crippen molar-refractivity contribution in [2.75, 3.05) is 0 Å². The van der Waals surface area contributed by atoms with E-state index in [9.17, 15) is 5.11 Å². The van der Waals surface area contributed by atoms with Crippen LogP contribution in [0.4, 0.5) is 0 Å². The highest BCUT2D eigenvalue weighted by atomic mass is 79.9. The van der Waals surface area contributed by atoms with E-state index in [0.29, 0.717) is 5.92 Å². The highest BCUT2D eigenvalue weighted by molar-refractivity contribution is 9.10. The standard InChI is InChI=1S/C12H19BrN2O/c1-3-9-12(13)10(15(2)14-9)7-11(16)8-5-4-6-8/h8,11,16H,3-7H2,1-2H3. The Hall–Kier alpha value is -0.350. The first-order valence-corrected chi connectivity index (χ1v) is 6.81. The summed E-state index contributed by atoms with van der Waals surface area (Å²) in [6, 6.07) is 0. The van der Waals surface area contributed by atoms with Gasteiger partial charge in [-0.2, -0.15) is 5.10 Å². The van der Waals surface area contributed by atoms with Gasteiger partial charge < -0.3 is 5.11 Å². The van der Waals surface area contributed by atoms with Crippen molar-refractivity contribution >= 4 is 15.9 Å². The molecule has 0 aromatic carbocycles. The molecule has 0 saturated heterocycles. The average molecular weight is 287 g/mol. The zero-order valence-corrected chi connectivity index (χ0v) is 11.5. The second kappa shape index (κ2) is 4.88. The summed E-state index contributed by atoms with van der Waals surface area (Å²) in [7, 11) is 1.95. The van der Waals surface area contributed by atoms with Crippen molar-refractivity contribution in [1.82, 2.24) is 9.78 Å². The van der Waals surface area contributed by atoms with E-state index in [1.165, 1.54) is 19.3 Å². The SMILES string of the molecule is CCc1nn(C)c(CC(O)C2CCC2)c1Br. The predicted octanol–water partition coefficient (Wildman–Crippen LogP) is 2.45. The summed E-state index contributed by atoms with van der Waals surface area (Å²) < 4.78 is 2.97. The van der Waals surface area contributed by atoms with Crippen molar-refractivity contribution in [2.24, 2.45) is 13.0 Å². The number of nitrogens with zero attached hydrogens (tertiary/aromatic N) is 2. The van der Waals surface area contributed by atoms with Crippen LogP contribution in [-0.4, -0.2) is 21.0 Å². The summed E-state index contributed by atoms with van der Waals surface area (Å²) in [5.74, 6) is 0.506. The number of aromatic nitrogens is 2. The summed E-state index contributed by atoms with van der Waals surface area (Å²) in [6.07, 6.45) is 5.07. The smallest absolute Gasteiger partial charge is 0.0766 e. The van der Waals surface area contributed by atoms with Gasteiger partial charge in [-0.1, -0.05) is 13.3 Å². The summed E-state index contributed by atoms with van der Waals surface area (Å²) in [5, 5.41) is 14.5. The first-order chi connectivity index (χ1) is 7.63. The van der Waals surface area contributed by atoms with Gasteiger partial charge in [-0.15, -0.1) is 0 Å². The Morgan fingerprint density at radius 2 is 2.25 bits per heavy atom. The van der Waals surface area contributed by atoms with E-state index >= 15 is 0 Å². The van der Waals surface area contributed by atoms with Crippen molar-refractivity contribution in [2.45, 2.75) is 45.1 Å². The first-order valence-electron chi connectivity index (χ1n) is 6.01. The van der Waals surface area contributed by atoms with Gasteiger partial charge >= 0.3 is 0 Å². The van der Waals surface area contributed by atoms with Crippen LogP contribution in [0.3, 0.4) is 0 Å². The Balaban J connectivity index is 2.10. The minimum absolute atomic E-state index is 0.204. The lowest BCUT2D eigenvalue weighted by Gasteiger charge is -2.30. The van der Waals surface area contributed by atoms with Crippen LogP contribution < -0.4 is 0 Å². The molecule has 1 aromatic rings. The fraction of sp³-hybridized carbons (Fsp3) is 0.750. The van der Waals surface area contributed by atoms with Crippen molar-refractivity contribution in [3.8, 4) is 0 Å². The Labute approximate surface area is 105 Å². The van der Waals surface area contributed by atoms with Crippen LogP contribution in [-0.2, 0) is 19.9 Å². The zero-order chi connectivity index (χ0) is 11.7. The molecule has 2 rings (SSSR count). The average Bonchev–Trinajstić information content (AvgIpc) is 2.42. The lowest BCUT2D eigenvalue weighted by atomic mass is 9.80. The molecule has 3 nitrogen and oxygen atoms in total. The molecule has 1 aromatic heterocycles. The molecule has 1 heterocycles. The minimum atomic E-state index is -0.204. The second-order valence-corrected chi connectivity index (χ2v) is 5.44. The molecule has 90 valence electrons. The molecule has 0 radical (unpaired) electrons. The van der Waals surface area contributed by atoms with Gasteiger partial charge in [0, 0.05) is 13.5 Å². The van der Waals surface area contributed by atoms with E-state index in [1.807, 2.05) is 11.7 Å². The molecule has 0 bridgehead atoms. The van der Waals surface area contributed by atoms with E-state index < -0.39 is 0 Å². The second-order valence-electron chi connectivity index (χ2n) is 4.65. The summed E-state index contributed by atoms with van der Waals surface area (Å²) in [4.78, 5) is 0. The van der Waals surface area contributed by atoms with Crippen LogP contribution in [0.2, 0.25) is 0 Å². The molecule has 16 heavy (non-hydrogen) atoms. The van der Waals surface area contributed by atoms with Gasteiger partial charge in [-0.25, -0.2) is 0 Å². The minimum Gasteiger partial charge on any atom is -0.392 e. The van der Waals surface area contributed by atoms with Crippen LogP contribution in [0, 0.1) is 5.92 Å². The predicted molar refractivity (Wildman–Crippen MR) is 67.3 cm³/mol. The highest BCUT2D eigenvalue weighted by Crippen LogP contribution is 2.32. The Morgan fingerprint density at radius 1 is 1.56 bits per heavy atom. The fourth-order valence-corrected chi connectivity index (χ4v) is 3.01. The van der Waals surface area contributed by atoms with Gasteiger partial charge in [0.15, 0.2) is 0 Å². The molecule has 0 spiro atoms. The molecular formula is C12H19BrN2O. The van der Waals surface area contributed by atoms with E-state index in [2.05, 4.69) is 28.0 Å². The third kappa shape index (κ3) is 2.18. The van der Waals surface area contributed by atoms with Crippen LogP contribution in [0.15, 0.2) is 4.47 Å². The molecule has 1 N–H and O–H groups in total. The normalized spacial score (nSPS) is 18.5. The van der Waals surface area contributed by atoms with Crippen molar-refractivity contribution in [1.29, 1.82) is 0 Å². The molecular weight excluding hydrogens is 268 g/mol. The number of hydrogen-bond donors (Lipinski definition) is 1. The maximum Gasteiger partial charge on any atom is 0.0766 e. The maximum absolute atomic E-state index is 10.1. The van der Waals surface area contributed by atoms with E-state index in [-0.39, 0.29) is 6.10 Å². The topological polar surface area (TPSA) is 38.0 Å². The Morgan fingerprint density at radius 3 is 2.69 bits per heavy atom. The zero-order valence-electron chi connectivity index (χ0n) is 9.91. The summed E-state index contributed by atoms with van der Waals surface area (Å²) in [6.45, 7) is 2.10. The van der Waals surface area contributed by atoms with E-state index in [1.54, 1.807) is 0 Å². The monoisotopic (exact) mass is 286 g/mol. The van der Waals surface area contributed by atoms with Crippen molar-refractivity contribution in [3.05, 3.63) is 15.9 Å². The Kier molecular flexibility index (Phi) is 3.70. The molecule has 4 heteroatoms. The number of rotatable bonds is 4. The molecule has 0 amide bonds. The quantitative estimate of drug-likeness (QED) is 0.923. The lowest BCUT2D eigenvalue weighted by Crippen LogP contribution is -2.29. The molecule has 1 aliphatic carbocycles. The van der Waals surface area contributed by atoms with Gasteiger partial charge in [0.1, 0.15) is 0 Å². The number of aryl methyl sites for hydroxylation is 2. The van der Waals surface area contributed by atoms with Gasteiger partial charge in [0.25, 0.3) is 0 Å². The third-order valence-electron chi connectivity index (χ3n) is 3.60. The van der Waals surface area contributed by atoms with Gasteiger partial charge in [0.05, 0.1) is 22.0 Å². The van der Waals surface area contributed by atoms with Gasteiger partial charge in [-0.05, 0) is 41.1 Å². The molecule has 0 aliphatic heterocycles. The fourth-order valence-electron chi connectivity index (χ4n) is 2.23. The first kappa shape index (κ1) is 12.1. The third-order valence-corrected chi connectivity index (χ3v) is 4.51. The summed E-state index contributed by atoms with van der Waals surface area (Å²) in [5.41, 5.74) is 2.20. The van der Waals surface area contributed by atoms with E-state index in [4.69, 9.17) is 0 Å². The molecule has 1 unspecified atom stereocenters. The van der Waals surface area contributed by atoms with Crippen LogP contribution >= 0.6 is 15.9 Å². The van der Waals surface area contributed by atoms with Crippen LogP contribution in [0.5, 0.6) is 0 Å². The van der Waals surface area contributed by atoms with Crippen molar-refractivity contribution in [3.63, 3.8) is 0 Å². The number of halogens is 1. The van der Waals surface area contributed by atoms with Gasteiger partial charge in [0.2, 0.25) is 0 Å².